The van der Waals surface area contributed by atoms with Crippen LogP contribution in [0.25, 0.3) is 10.4 Å². The van der Waals surface area contributed by atoms with Gasteiger partial charge in [0.1, 0.15) is 0 Å². The molecule has 4 heteroatoms. The second-order valence-corrected chi connectivity index (χ2v) is 3.38. The van der Waals surface area contributed by atoms with Crippen molar-refractivity contribution in [2.24, 2.45) is 5.11 Å². The molecule has 3 nitrogen and oxygen atoms in total. The Morgan fingerprint density at radius 1 is 1.42 bits per heavy atom. The van der Waals surface area contributed by atoms with Gasteiger partial charge in [-0.3, -0.25) is 0 Å². The van der Waals surface area contributed by atoms with Crippen molar-refractivity contribution in [3.05, 3.63) is 38.2 Å². The zero-order valence-electron chi connectivity index (χ0n) is 6.87. The van der Waals surface area contributed by atoms with Crippen LogP contribution in [0.5, 0.6) is 0 Å². The van der Waals surface area contributed by atoms with Crippen LogP contribution in [0.3, 0.4) is 0 Å². The molecule has 0 aliphatic rings. The monoisotopic (exact) mass is 225 g/mol. The lowest BCUT2D eigenvalue weighted by molar-refractivity contribution is 1.29. The van der Waals surface area contributed by atoms with Crippen LogP contribution in [0.4, 0.5) is 5.69 Å². The number of rotatable bonds is 1. The Bertz CT molecular complexity index is 354. The van der Waals surface area contributed by atoms with E-state index in [1.807, 2.05) is 26.0 Å². The van der Waals surface area contributed by atoms with Gasteiger partial charge in [0.05, 0.1) is 0 Å². The van der Waals surface area contributed by atoms with Gasteiger partial charge in [0.15, 0.2) is 0 Å². The highest BCUT2D eigenvalue weighted by molar-refractivity contribution is 9.10. The van der Waals surface area contributed by atoms with Crippen LogP contribution in [-0.2, 0) is 0 Å². The number of azide groups is 1. The van der Waals surface area contributed by atoms with Crippen molar-refractivity contribution in [3.63, 3.8) is 0 Å². The number of hydrogen-bond donors (Lipinski definition) is 0. The van der Waals surface area contributed by atoms with Crippen molar-refractivity contribution in [1.29, 1.82) is 0 Å². The lowest BCUT2D eigenvalue weighted by Gasteiger charge is -2.04. The molecule has 1 aromatic carbocycles. The minimum atomic E-state index is 0.715. The number of nitrogens with zero attached hydrogens (tertiary/aromatic N) is 3. The second-order valence-electron chi connectivity index (χ2n) is 2.53. The van der Waals surface area contributed by atoms with Gasteiger partial charge in [0, 0.05) is 15.1 Å². The number of halogens is 1. The van der Waals surface area contributed by atoms with Gasteiger partial charge < -0.3 is 0 Å². The Balaban J connectivity index is 3.42. The lowest BCUT2D eigenvalue weighted by Crippen LogP contribution is -1.80. The average molecular weight is 226 g/mol. The van der Waals surface area contributed by atoms with Crippen molar-refractivity contribution in [1.82, 2.24) is 0 Å². The average Bonchev–Trinajstić information content (AvgIpc) is 2.06. The molecule has 0 N–H and O–H groups in total. The third kappa shape index (κ3) is 1.60. The first-order chi connectivity index (χ1) is 5.66. The summed E-state index contributed by atoms with van der Waals surface area (Å²) >= 11 is 3.37. The molecular formula is C8H8BrN3. The molecule has 0 aromatic heterocycles. The number of aryl methyl sites for hydroxylation is 1. The smallest absolute Gasteiger partial charge is 0.0445 e. The Morgan fingerprint density at radius 2 is 2.08 bits per heavy atom. The van der Waals surface area contributed by atoms with E-state index in [2.05, 4.69) is 26.0 Å². The van der Waals surface area contributed by atoms with Crippen LogP contribution in [0.15, 0.2) is 21.7 Å². The molecule has 0 amide bonds. The van der Waals surface area contributed by atoms with Crippen LogP contribution in [0.2, 0.25) is 0 Å². The molecule has 12 heavy (non-hydrogen) atoms. The largest absolute Gasteiger partial charge is 0.0602 e. The molecule has 0 saturated heterocycles. The molecule has 0 fully saturated rings. The van der Waals surface area contributed by atoms with E-state index in [0.29, 0.717) is 5.69 Å². The molecule has 0 aliphatic heterocycles. The summed E-state index contributed by atoms with van der Waals surface area (Å²) in [6.45, 7) is 3.84. The van der Waals surface area contributed by atoms with Crippen LogP contribution in [-0.4, -0.2) is 0 Å². The van der Waals surface area contributed by atoms with Gasteiger partial charge in [-0.25, -0.2) is 0 Å². The maximum Gasteiger partial charge on any atom is 0.0445 e. The molecule has 0 aliphatic carbocycles. The van der Waals surface area contributed by atoms with Crippen molar-refractivity contribution in [3.8, 4) is 0 Å². The topological polar surface area (TPSA) is 48.8 Å². The number of hydrogen-bond acceptors (Lipinski definition) is 1. The molecule has 0 radical (unpaired) electrons. The Labute approximate surface area is 79.2 Å². The summed E-state index contributed by atoms with van der Waals surface area (Å²) in [7, 11) is 0. The third-order valence-electron chi connectivity index (χ3n) is 1.71. The summed E-state index contributed by atoms with van der Waals surface area (Å²) in [6, 6.07) is 3.86. The normalized spacial score (nSPS) is 9.25. The maximum atomic E-state index is 8.30. The van der Waals surface area contributed by atoms with Gasteiger partial charge >= 0.3 is 0 Å². The predicted octanol–water partition coefficient (Wildman–Crippen LogP) is 4.01. The minimum Gasteiger partial charge on any atom is -0.0602 e. The van der Waals surface area contributed by atoms with Gasteiger partial charge in [-0.15, -0.1) is 0 Å². The summed E-state index contributed by atoms with van der Waals surface area (Å²) < 4.78 is 0.968. The van der Waals surface area contributed by atoms with Gasteiger partial charge in [-0.1, -0.05) is 27.1 Å². The van der Waals surface area contributed by atoms with Crippen molar-refractivity contribution in [2.75, 3.05) is 0 Å². The first-order valence-corrected chi connectivity index (χ1v) is 4.27. The first-order valence-electron chi connectivity index (χ1n) is 3.47. The molecule has 0 atom stereocenters. The number of benzene rings is 1. The fourth-order valence-electron chi connectivity index (χ4n) is 1.01. The summed E-state index contributed by atoms with van der Waals surface area (Å²) in [6.07, 6.45) is 0. The van der Waals surface area contributed by atoms with E-state index in [9.17, 15) is 0 Å². The van der Waals surface area contributed by atoms with Crippen LogP contribution in [0.1, 0.15) is 11.1 Å². The van der Waals surface area contributed by atoms with E-state index >= 15 is 0 Å². The molecule has 1 rings (SSSR count). The van der Waals surface area contributed by atoms with Crippen molar-refractivity contribution >= 4 is 21.6 Å². The minimum absolute atomic E-state index is 0.715. The second kappa shape index (κ2) is 3.61. The first kappa shape index (κ1) is 9.10. The van der Waals surface area contributed by atoms with E-state index in [-0.39, 0.29) is 0 Å². The Kier molecular flexibility index (Phi) is 2.74. The fourth-order valence-corrected chi connectivity index (χ4v) is 1.33. The quantitative estimate of drug-likeness (QED) is 0.394. The SMILES string of the molecule is Cc1ccc(Br)c(C)c1N=[N+]=[N-]. The molecule has 1 aromatic rings. The standard InChI is InChI=1S/C8H8BrN3/c1-5-3-4-7(9)6(2)8(5)11-12-10/h3-4H,1-2H3. The zero-order valence-corrected chi connectivity index (χ0v) is 8.46. The molecule has 0 unspecified atom stereocenters. The molecule has 0 saturated carbocycles. The van der Waals surface area contributed by atoms with Gasteiger partial charge in [-0.05, 0) is 36.6 Å². The summed E-state index contributed by atoms with van der Waals surface area (Å²) in [5.74, 6) is 0. The highest BCUT2D eigenvalue weighted by Gasteiger charge is 2.02. The van der Waals surface area contributed by atoms with E-state index in [4.69, 9.17) is 5.53 Å². The molecule has 0 bridgehead atoms. The van der Waals surface area contributed by atoms with E-state index in [1.165, 1.54) is 0 Å². The fraction of sp³-hybridized carbons (Fsp3) is 0.250. The summed E-state index contributed by atoms with van der Waals surface area (Å²) in [5.41, 5.74) is 11.0. The van der Waals surface area contributed by atoms with Crippen LogP contribution < -0.4 is 0 Å². The Morgan fingerprint density at radius 3 is 2.67 bits per heavy atom. The highest BCUT2D eigenvalue weighted by Crippen LogP contribution is 2.29. The lowest BCUT2D eigenvalue weighted by atomic mass is 10.1. The van der Waals surface area contributed by atoms with E-state index < -0.39 is 0 Å². The third-order valence-corrected chi connectivity index (χ3v) is 2.57. The highest BCUT2D eigenvalue weighted by atomic mass is 79.9. The van der Waals surface area contributed by atoms with Gasteiger partial charge in [0.2, 0.25) is 0 Å². The van der Waals surface area contributed by atoms with Crippen LogP contribution in [0, 0.1) is 13.8 Å². The Hall–Kier alpha value is -0.990. The zero-order chi connectivity index (χ0) is 9.14. The van der Waals surface area contributed by atoms with E-state index in [1.54, 1.807) is 0 Å². The molecule has 0 spiro atoms. The van der Waals surface area contributed by atoms with Gasteiger partial charge in [-0.2, -0.15) is 0 Å². The molecular weight excluding hydrogens is 218 g/mol. The maximum absolute atomic E-state index is 8.30. The van der Waals surface area contributed by atoms with Gasteiger partial charge in [0.25, 0.3) is 0 Å². The van der Waals surface area contributed by atoms with Crippen molar-refractivity contribution < 1.29 is 0 Å². The molecule has 62 valence electrons. The van der Waals surface area contributed by atoms with E-state index in [0.717, 1.165) is 15.6 Å². The van der Waals surface area contributed by atoms with Crippen LogP contribution >= 0.6 is 15.9 Å². The molecule has 0 heterocycles. The predicted molar refractivity (Wildman–Crippen MR) is 52.4 cm³/mol. The summed E-state index contributed by atoms with van der Waals surface area (Å²) in [5, 5.41) is 3.62. The van der Waals surface area contributed by atoms with Crippen molar-refractivity contribution in [2.45, 2.75) is 13.8 Å². The summed E-state index contributed by atoms with van der Waals surface area (Å²) in [4.78, 5) is 2.77.